The monoisotopic (exact) mass is 319 g/mol. The molecule has 1 N–H and O–H groups in total. The molecule has 1 fully saturated rings. The van der Waals surface area contributed by atoms with Crippen LogP contribution >= 0.6 is 11.6 Å². The molecule has 1 atom stereocenters. The zero-order valence-corrected chi connectivity index (χ0v) is 12.6. The molecule has 7 heteroatoms. The second kappa shape index (κ2) is 5.81. The van der Waals surface area contributed by atoms with Gasteiger partial charge in [0.15, 0.2) is 0 Å². The zero-order valence-electron chi connectivity index (χ0n) is 11.9. The van der Waals surface area contributed by atoms with Gasteiger partial charge in [0.2, 0.25) is 11.7 Å². The molecule has 6 nitrogen and oxygen atoms in total. The molecule has 0 unspecified atom stereocenters. The number of carbonyl (C=O) groups is 2. The largest absolute Gasteiger partial charge is 0.352 e. The Labute approximate surface area is 132 Å². The summed E-state index contributed by atoms with van der Waals surface area (Å²) in [6, 6.07) is 7.77. The molecular weight excluding hydrogens is 306 g/mol. The topological polar surface area (TPSA) is 75.4 Å². The molecule has 22 heavy (non-hydrogen) atoms. The van der Waals surface area contributed by atoms with Gasteiger partial charge < -0.3 is 14.7 Å². The fourth-order valence-corrected chi connectivity index (χ4v) is 2.74. The summed E-state index contributed by atoms with van der Waals surface area (Å²) in [7, 11) is 0. The number of hydrogen-bond donors (Lipinski definition) is 1. The first-order valence-corrected chi connectivity index (χ1v) is 7.22. The number of carbonyl (C=O) groups excluding carboxylic acids is 2. The number of piperazine rings is 1. The third kappa shape index (κ3) is 2.57. The van der Waals surface area contributed by atoms with Crippen LogP contribution in [0.1, 0.15) is 27.9 Å². The second-order valence-corrected chi connectivity index (χ2v) is 5.45. The van der Waals surface area contributed by atoms with Crippen molar-refractivity contribution in [3.63, 3.8) is 0 Å². The highest BCUT2D eigenvalue weighted by Crippen LogP contribution is 2.30. The van der Waals surface area contributed by atoms with E-state index < -0.39 is 6.04 Å². The number of aromatic nitrogens is 1. The molecule has 2 heterocycles. The molecule has 1 aromatic carbocycles. The predicted molar refractivity (Wildman–Crippen MR) is 79.5 cm³/mol. The molecule has 1 aromatic heterocycles. The first-order valence-electron chi connectivity index (χ1n) is 6.84. The molecule has 0 radical (unpaired) electrons. The summed E-state index contributed by atoms with van der Waals surface area (Å²) in [6.07, 6.45) is 0. The number of aryl methyl sites for hydroxylation is 1. The Balaban J connectivity index is 1.99. The zero-order chi connectivity index (χ0) is 15.7. The molecule has 0 saturated carbocycles. The molecule has 1 aliphatic heterocycles. The summed E-state index contributed by atoms with van der Waals surface area (Å²) < 4.78 is 5.02. The number of hydrogen-bond acceptors (Lipinski definition) is 4. The van der Waals surface area contributed by atoms with Crippen LogP contribution in [0.5, 0.6) is 0 Å². The summed E-state index contributed by atoms with van der Waals surface area (Å²) in [5.41, 5.74) is 1.20. The van der Waals surface area contributed by atoms with Gasteiger partial charge in [-0.05, 0) is 13.0 Å². The van der Waals surface area contributed by atoms with E-state index >= 15 is 0 Å². The lowest BCUT2D eigenvalue weighted by Crippen LogP contribution is -2.52. The summed E-state index contributed by atoms with van der Waals surface area (Å²) >= 11 is 6.19. The van der Waals surface area contributed by atoms with E-state index in [2.05, 4.69) is 10.5 Å². The number of halogens is 1. The van der Waals surface area contributed by atoms with Crippen LogP contribution in [-0.4, -0.2) is 35.0 Å². The van der Waals surface area contributed by atoms with E-state index in [1.54, 1.807) is 37.3 Å². The van der Waals surface area contributed by atoms with Crippen LogP contribution in [0, 0.1) is 6.92 Å². The van der Waals surface area contributed by atoms with Crippen LogP contribution in [-0.2, 0) is 4.79 Å². The number of nitrogens with zero attached hydrogens (tertiary/aromatic N) is 2. The minimum absolute atomic E-state index is 0.115. The first-order chi connectivity index (χ1) is 10.6. The maximum absolute atomic E-state index is 12.6. The van der Waals surface area contributed by atoms with E-state index in [0.29, 0.717) is 29.4 Å². The van der Waals surface area contributed by atoms with Crippen LogP contribution in [0.3, 0.4) is 0 Å². The molecule has 0 spiro atoms. The van der Waals surface area contributed by atoms with Crippen molar-refractivity contribution in [2.75, 3.05) is 13.1 Å². The van der Waals surface area contributed by atoms with Gasteiger partial charge in [0.05, 0.1) is 5.69 Å². The van der Waals surface area contributed by atoms with Gasteiger partial charge in [-0.1, -0.05) is 35.0 Å². The SMILES string of the molecule is Cc1cc(C(=O)N2CCNC(=O)[C@H]2c2ccccc2Cl)on1. The minimum Gasteiger partial charge on any atom is -0.352 e. The van der Waals surface area contributed by atoms with Crippen LogP contribution in [0.25, 0.3) is 0 Å². The Bertz CT molecular complexity index is 728. The fraction of sp³-hybridized carbons (Fsp3) is 0.267. The highest BCUT2D eigenvalue weighted by Gasteiger charge is 2.37. The van der Waals surface area contributed by atoms with E-state index in [1.807, 2.05) is 0 Å². The van der Waals surface area contributed by atoms with Crippen molar-refractivity contribution in [3.8, 4) is 0 Å². The lowest BCUT2D eigenvalue weighted by molar-refractivity contribution is -0.128. The van der Waals surface area contributed by atoms with E-state index in [0.717, 1.165) is 0 Å². The Morgan fingerprint density at radius 2 is 2.23 bits per heavy atom. The van der Waals surface area contributed by atoms with Crippen molar-refractivity contribution < 1.29 is 14.1 Å². The average Bonchev–Trinajstić information content (AvgIpc) is 2.94. The summed E-state index contributed by atoms with van der Waals surface area (Å²) in [6.45, 7) is 2.49. The van der Waals surface area contributed by atoms with Crippen LogP contribution in [0.15, 0.2) is 34.9 Å². The molecule has 0 bridgehead atoms. The van der Waals surface area contributed by atoms with Crippen molar-refractivity contribution >= 4 is 23.4 Å². The highest BCUT2D eigenvalue weighted by molar-refractivity contribution is 6.31. The Hall–Kier alpha value is -2.34. The molecule has 1 aliphatic rings. The first kappa shape index (κ1) is 14.6. The molecule has 0 aliphatic carbocycles. The number of amides is 2. The minimum atomic E-state index is -0.777. The molecule has 114 valence electrons. The Morgan fingerprint density at radius 3 is 2.91 bits per heavy atom. The van der Waals surface area contributed by atoms with Crippen molar-refractivity contribution in [3.05, 3.63) is 52.4 Å². The molecule has 1 saturated heterocycles. The Morgan fingerprint density at radius 1 is 1.45 bits per heavy atom. The van der Waals surface area contributed by atoms with E-state index in [9.17, 15) is 9.59 Å². The third-order valence-electron chi connectivity index (χ3n) is 3.51. The average molecular weight is 320 g/mol. The maximum atomic E-state index is 12.6. The predicted octanol–water partition coefficient (Wildman–Crippen LogP) is 1.95. The fourth-order valence-electron chi connectivity index (χ4n) is 2.50. The van der Waals surface area contributed by atoms with Gasteiger partial charge in [0.1, 0.15) is 6.04 Å². The third-order valence-corrected chi connectivity index (χ3v) is 3.86. The van der Waals surface area contributed by atoms with Gasteiger partial charge in [0.25, 0.3) is 5.91 Å². The van der Waals surface area contributed by atoms with Crippen molar-refractivity contribution in [1.82, 2.24) is 15.4 Å². The lowest BCUT2D eigenvalue weighted by Gasteiger charge is -2.34. The van der Waals surface area contributed by atoms with Crippen LogP contribution in [0.4, 0.5) is 0 Å². The maximum Gasteiger partial charge on any atom is 0.293 e. The molecule has 2 aromatic rings. The summed E-state index contributed by atoms with van der Waals surface area (Å²) in [5, 5.41) is 6.92. The number of nitrogens with one attached hydrogen (secondary N) is 1. The van der Waals surface area contributed by atoms with Gasteiger partial charge in [-0.15, -0.1) is 0 Å². The van der Waals surface area contributed by atoms with Crippen molar-refractivity contribution in [2.24, 2.45) is 0 Å². The Kier molecular flexibility index (Phi) is 3.85. The van der Waals surface area contributed by atoms with Crippen molar-refractivity contribution in [1.29, 1.82) is 0 Å². The summed E-state index contributed by atoms with van der Waals surface area (Å²) in [4.78, 5) is 26.4. The molecule has 2 amide bonds. The number of rotatable bonds is 2. The van der Waals surface area contributed by atoms with Gasteiger partial charge in [-0.3, -0.25) is 9.59 Å². The van der Waals surface area contributed by atoms with Gasteiger partial charge in [0, 0.05) is 29.7 Å². The standard InChI is InChI=1S/C15H14ClN3O3/c1-9-8-12(22-18-9)15(21)19-7-6-17-14(20)13(19)10-4-2-3-5-11(10)16/h2-5,8,13H,6-7H2,1H3,(H,17,20)/t13-/m1/s1. The molecular formula is C15H14ClN3O3. The second-order valence-electron chi connectivity index (χ2n) is 5.05. The van der Waals surface area contributed by atoms with Crippen molar-refractivity contribution in [2.45, 2.75) is 13.0 Å². The highest BCUT2D eigenvalue weighted by atomic mass is 35.5. The van der Waals surface area contributed by atoms with Gasteiger partial charge in [-0.2, -0.15) is 0 Å². The normalized spacial score (nSPS) is 18.2. The van der Waals surface area contributed by atoms with Gasteiger partial charge in [-0.25, -0.2) is 0 Å². The van der Waals surface area contributed by atoms with Crippen LogP contribution < -0.4 is 5.32 Å². The lowest BCUT2D eigenvalue weighted by atomic mass is 10.0. The van der Waals surface area contributed by atoms with Crippen LogP contribution in [0.2, 0.25) is 5.02 Å². The molecule has 3 rings (SSSR count). The van der Waals surface area contributed by atoms with E-state index in [-0.39, 0.29) is 17.6 Å². The number of benzene rings is 1. The van der Waals surface area contributed by atoms with E-state index in [4.69, 9.17) is 16.1 Å². The smallest absolute Gasteiger partial charge is 0.293 e. The quantitative estimate of drug-likeness (QED) is 0.918. The van der Waals surface area contributed by atoms with E-state index in [1.165, 1.54) is 4.90 Å². The van der Waals surface area contributed by atoms with Gasteiger partial charge >= 0.3 is 0 Å². The summed E-state index contributed by atoms with van der Waals surface area (Å²) in [5.74, 6) is -0.520.